The van der Waals surface area contributed by atoms with Gasteiger partial charge in [-0.1, -0.05) is 18.5 Å². The van der Waals surface area contributed by atoms with Crippen molar-refractivity contribution in [3.8, 4) is 0 Å². The van der Waals surface area contributed by atoms with Crippen LogP contribution in [0.2, 0.25) is 5.02 Å². The maximum atomic E-state index is 11.9. The van der Waals surface area contributed by atoms with Crippen LogP contribution in [-0.2, 0) is 18.3 Å². The van der Waals surface area contributed by atoms with Crippen LogP contribution < -0.4 is 5.73 Å². The molecular formula is C11H18ClN3O. The van der Waals surface area contributed by atoms with Gasteiger partial charge in [0.1, 0.15) is 5.78 Å². The second-order valence-electron chi connectivity index (χ2n) is 3.95. The van der Waals surface area contributed by atoms with E-state index in [9.17, 15) is 4.79 Å². The minimum Gasteiger partial charge on any atom is -0.330 e. The second kappa shape index (κ2) is 5.46. The Morgan fingerprint density at radius 2 is 2.25 bits per heavy atom. The lowest BCUT2D eigenvalue weighted by Crippen LogP contribution is -2.25. The first-order valence-corrected chi connectivity index (χ1v) is 5.79. The standard InChI is InChI=1S/C11H18ClN3O/c1-4-8(6-13)10(16)5-9-11(12)7(2)14-15(9)3/h8H,4-6,13H2,1-3H3. The molecule has 1 aromatic rings. The fourth-order valence-corrected chi connectivity index (χ4v) is 1.93. The lowest BCUT2D eigenvalue weighted by atomic mass is 9.98. The first-order chi connectivity index (χ1) is 7.51. The normalized spacial score (nSPS) is 12.8. The molecule has 0 spiro atoms. The smallest absolute Gasteiger partial charge is 0.143 e. The van der Waals surface area contributed by atoms with Gasteiger partial charge in [-0.15, -0.1) is 0 Å². The van der Waals surface area contributed by atoms with Crippen molar-refractivity contribution in [3.05, 3.63) is 16.4 Å². The van der Waals surface area contributed by atoms with Gasteiger partial charge in [-0.2, -0.15) is 5.10 Å². The van der Waals surface area contributed by atoms with E-state index in [0.29, 0.717) is 18.0 Å². The molecule has 1 atom stereocenters. The first-order valence-electron chi connectivity index (χ1n) is 5.42. The van der Waals surface area contributed by atoms with Crippen molar-refractivity contribution in [1.29, 1.82) is 0 Å². The molecule has 1 rings (SSSR count). The Hall–Kier alpha value is -0.870. The van der Waals surface area contributed by atoms with Crippen LogP contribution in [-0.4, -0.2) is 22.1 Å². The topological polar surface area (TPSA) is 60.9 Å². The number of carbonyl (C=O) groups excluding carboxylic acids is 1. The van der Waals surface area contributed by atoms with Gasteiger partial charge >= 0.3 is 0 Å². The van der Waals surface area contributed by atoms with Crippen LogP contribution in [0.1, 0.15) is 24.7 Å². The van der Waals surface area contributed by atoms with Crippen LogP contribution in [0.4, 0.5) is 0 Å². The van der Waals surface area contributed by atoms with Crippen molar-refractivity contribution in [3.63, 3.8) is 0 Å². The van der Waals surface area contributed by atoms with Crippen molar-refractivity contribution in [2.24, 2.45) is 18.7 Å². The van der Waals surface area contributed by atoms with Crippen LogP contribution >= 0.6 is 11.6 Å². The van der Waals surface area contributed by atoms with Crippen LogP contribution in [0.15, 0.2) is 0 Å². The summed E-state index contributed by atoms with van der Waals surface area (Å²) in [5, 5.41) is 4.76. The summed E-state index contributed by atoms with van der Waals surface area (Å²) >= 11 is 6.08. The first kappa shape index (κ1) is 13.2. The van der Waals surface area contributed by atoms with Gasteiger partial charge in [0.2, 0.25) is 0 Å². The number of hydrogen-bond acceptors (Lipinski definition) is 3. The zero-order valence-corrected chi connectivity index (χ0v) is 10.7. The number of Topliss-reactive ketones (excluding diaryl/α,β-unsaturated/α-hetero) is 1. The predicted octanol–water partition coefficient (Wildman–Crippen LogP) is 1.48. The zero-order valence-electron chi connectivity index (χ0n) is 9.96. The van der Waals surface area contributed by atoms with E-state index in [4.69, 9.17) is 17.3 Å². The maximum absolute atomic E-state index is 11.9. The summed E-state index contributed by atoms with van der Waals surface area (Å²) in [4.78, 5) is 11.9. The summed E-state index contributed by atoms with van der Waals surface area (Å²) in [6.45, 7) is 4.19. The lowest BCUT2D eigenvalue weighted by molar-refractivity contribution is -0.122. The third-order valence-corrected chi connectivity index (χ3v) is 3.33. The van der Waals surface area contributed by atoms with Gasteiger partial charge in [-0.3, -0.25) is 9.48 Å². The molecule has 0 saturated heterocycles. The van der Waals surface area contributed by atoms with Gasteiger partial charge in [-0.05, 0) is 13.3 Å². The Balaban J connectivity index is 2.84. The highest BCUT2D eigenvalue weighted by atomic mass is 35.5. The number of ketones is 1. The van der Waals surface area contributed by atoms with Gasteiger partial charge in [0.05, 0.1) is 22.8 Å². The van der Waals surface area contributed by atoms with E-state index < -0.39 is 0 Å². The van der Waals surface area contributed by atoms with Crippen LogP contribution in [0.5, 0.6) is 0 Å². The fraction of sp³-hybridized carbons (Fsp3) is 0.636. The summed E-state index contributed by atoms with van der Waals surface area (Å²) in [6, 6.07) is 0. The molecule has 0 aliphatic carbocycles. The van der Waals surface area contributed by atoms with Crippen LogP contribution in [0.25, 0.3) is 0 Å². The van der Waals surface area contributed by atoms with Gasteiger partial charge in [0, 0.05) is 19.5 Å². The van der Waals surface area contributed by atoms with Crippen molar-refractivity contribution < 1.29 is 4.79 Å². The molecule has 0 amide bonds. The average molecular weight is 244 g/mol. The third-order valence-electron chi connectivity index (χ3n) is 2.84. The van der Waals surface area contributed by atoms with Gasteiger partial charge in [-0.25, -0.2) is 0 Å². The van der Waals surface area contributed by atoms with E-state index in [2.05, 4.69) is 5.10 Å². The Kier molecular flexibility index (Phi) is 4.50. The van der Waals surface area contributed by atoms with Crippen molar-refractivity contribution >= 4 is 17.4 Å². The molecule has 0 fully saturated rings. The number of nitrogens with two attached hydrogens (primary N) is 1. The van der Waals surface area contributed by atoms with E-state index in [1.807, 2.05) is 13.8 Å². The van der Waals surface area contributed by atoms with E-state index in [-0.39, 0.29) is 11.7 Å². The highest BCUT2D eigenvalue weighted by molar-refractivity contribution is 6.32. The molecule has 0 aliphatic rings. The largest absolute Gasteiger partial charge is 0.330 e. The minimum absolute atomic E-state index is 0.0775. The highest BCUT2D eigenvalue weighted by Gasteiger charge is 2.19. The van der Waals surface area contributed by atoms with Gasteiger partial charge in [0.25, 0.3) is 0 Å². The van der Waals surface area contributed by atoms with E-state index in [0.717, 1.165) is 17.8 Å². The molecular weight excluding hydrogens is 226 g/mol. The number of halogens is 1. The zero-order chi connectivity index (χ0) is 12.3. The summed E-state index contributed by atoms with van der Waals surface area (Å²) in [5.41, 5.74) is 7.07. The molecule has 0 saturated carbocycles. The van der Waals surface area contributed by atoms with E-state index in [1.54, 1.807) is 11.7 Å². The molecule has 0 aromatic carbocycles. The van der Waals surface area contributed by atoms with Gasteiger partial charge in [0.15, 0.2) is 0 Å². The van der Waals surface area contributed by atoms with Crippen molar-refractivity contribution in [2.75, 3.05) is 6.54 Å². The molecule has 1 heterocycles. The summed E-state index contributed by atoms with van der Waals surface area (Å²) in [6.07, 6.45) is 1.08. The Labute approximate surface area is 101 Å². The predicted molar refractivity (Wildman–Crippen MR) is 64.5 cm³/mol. The number of aryl methyl sites for hydroxylation is 2. The third kappa shape index (κ3) is 2.62. The number of rotatable bonds is 5. The minimum atomic E-state index is -0.0775. The van der Waals surface area contributed by atoms with Crippen LogP contribution in [0.3, 0.4) is 0 Å². The quantitative estimate of drug-likeness (QED) is 0.852. The summed E-state index contributed by atoms with van der Waals surface area (Å²) in [5.74, 6) is 0.0566. The molecule has 2 N–H and O–H groups in total. The Bertz CT molecular complexity index is 383. The highest BCUT2D eigenvalue weighted by Crippen LogP contribution is 2.21. The molecule has 0 aliphatic heterocycles. The maximum Gasteiger partial charge on any atom is 0.143 e. The number of carbonyl (C=O) groups is 1. The fourth-order valence-electron chi connectivity index (χ4n) is 1.71. The second-order valence-corrected chi connectivity index (χ2v) is 4.33. The monoisotopic (exact) mass is 243 g/mol. The van der Waals surface area contributed by atoms with Gasteiger partial charge < -0.3 is 5.73 Å². The Morgan fingerprint density at radius 1 is 1.62 bits per heavy atom. The number of hydrogen-bond donors (Lipinski definition) is 1. The molecule has 1 unspecified atom stereocenters. The molecule has 16 heavy (non-hydrogen) atoms. The molecule has 1 aromatic heterocycles. The SMILES string of the molecule is CCC(CN)C(=O)Cc1c(Cl)c(C)nn1C. The summed E-state index contributed by atoms with van der Waals surface area (Å²) in [7, 11) is 1.80. The van der Waals surface area contributed by atoms with E-state index >= 15 is 0 Å². The molecule has 4 nitrogen and oxygen atoms in total. The average Bonchev–Trinajstić information content (AvgIpc) is 2.47. The Morgan fingerprint density at radius 3 is 2.62 bits per heavy atom. The summed E-state index contributed by atoms with van der Waals surface area (Å²) < 4.78 is 1.67. The molecule has 5 heteroatoms. The number of nitrogens with zero attached hydrogens (tertiary/aromatic N) is 2. The molecule has 90 valence electrons. The molecule has 0 bridgehead atoms. The lowest BCUT2D eigenvalue weighted by Gasteiger charge is -2.10. The number of aromatic nitrogens is 2. The van der Waals surface area contributed by atoms with Crippen LogP contribution in [0, 0.1) is 12.8 Å². The van der Waals surface area contributed by atoms with Crippen molar-refractivity contribution in [2.45, 2.75) is 26.7 Å². The van der Waals surface area contributed by atoms with Crippen molar-refractivity contribution in [1.82, 2.24) is 9.78 Å². The molecule has 0 radical (unpaired) electrons. The van der Waals surface area contributed by atoms with E-state index in [1.165, 1.54) is 0 Å².